The fraction of sp³-hybridized carbons (Fsp3) is 0.200. The van der Waals surface area contributed by atoms with Gasteiger partial charge in [-0.1, -0.05) is 46.3 Å². The molecule has 0 aliphatic carbocycles. The molecule has 3 rings (SSSR count). The molecular weight excluding hydrogens is 376 g/mol. The minimum absolute atomic E-state index is 0.258. The lowest BCUT2D eigenvalue weighted by Gasteiger charge is -2.14. The summed E-state index contributed by atoms with van der Waals surface area (Å²) in [5.41, 5.74) is 4.12. The molecule has 0 unspecified atom stereocenters. The largest absolute Gasteiger partial charge is 0.352 e. The third-order valence-electron chi connectivity index (χ3n) is 3.66. The Hall–Kier alpha value is -2.40. The molecule has 0 atom stereocenters. The first-order chi connectivity index (χ1) is 12.0. The van der Waals surface area contributed by atoms with Crippen molar-refractivity contribution in [1.82, 2.24) is 9.97 Å². The summed E-state index contributed by atoms with van der Waals surface area (Å²) in [7, 11) is 0. The Balaban J connectivity index is 2.00. The first kappa shape index (κ1) is 17.4. The normalized spacial score (nSPS) is 10.8. The summed E-state index contributed by atoms with van der Waals surface area (Å²) in [6, 6.07) is 18.5. The number of anilines is 3. The van der Waals surface area contributed by atoms with Crippen molar-refractivity contribution >= 4 is 33.4 Å². The van der Waals surface area contributed by atoms with Crippen molar-refractivity contribution in [2.24, 2.45) is 0 Å². The number of nitrogens with zero attached hydrogens (tertiary/aromatic N) is 2. The van der Waals surface area contributed by atoms with E-state index in [1.165, 1.54) is 0 Å². The van der Waals surface area contributed by atoms with Crippen molar-refractivity contribution in [3.63, 3.8) is 0 Å². The molecule has 0 aliphatic heterocycles. The molecule has 0 amide bonds. The highest BCUT2D eigenvalue weighted by Gasteiger charge is 2.09. The fourth-order valence-electron chi connectivity index (χ4n) is 2.50. The number of nitrogens with one attached hydrogen (secondary N) is 2. The summed E-state index contributed by atoms with van der Waals surface area (Å²) in [6.45, 7) is 6.22. The lowest BCUT2D eigenvalue weighted by Crippen LogP contribution is -2.13. The van der Waals surface area contributed by atoms with Crippen LogP contribution in [0.15, 0.2) is 59.1 Å². The van der Waals surface area contributed by atoms with Crippen molar-refractivity contribution < 1.29 is 0 Å². The zero-order valence-electron chi connectivity index (χ0n) is 14.5. The van der Waals surface area contributed by atoms with Gasteiger partial charge in [0.05, 0.1) is 5.69 Å². The van der Waals surface area contributed by atoms with E-state index in [0.717, 1.165) is 32.8 Å². The molecule has 3 aromatic rings. The van der Waals surface area contributed by atoms with Gasteiger partial charge in [-0.25, -0.2) is 4.98 Å². The third-order valence-corrected chi connectivity index (χ3v) is 4.16. The van der Waals surface area contributed by atoms with E-state index in [9.17, 15) is 0 Å². The van der Waals surface area contributed by atoms with Gasteiger partial charge in [-0.2, -0.15) is 4.98 Å². The molecule has 0 radical (unpaired) electrons. The zero-order valence-corrected chi connectivity index (χ0v) is 16.1. The molecule has 1 aromatic heterocycles. The predicted molar refractivity (Wildman–Crippen MR) is 108 cm³/mol. The Morgan fingerprint density at radius 2 is 1.72 bits per heavy atom. The van der Waals surface area contributed by atoms with E-state index in [4.69, 9.17) is 0 Å². The van der Waals surface area contributed by atoms with E-state index < -0.39 is 0 Å². The summed E-state index contributed by atoms with van der Waals surface area (Å²) >= 11 is 3.50. The topological polar surface area (TPSA) is 49.8 Å². The number of hydrogen-bond acceptors (Lipinski definition) is 4. The van der Waals surface area contributed by atoms with E-state index in [1.54, 1.807) is 0 Å². The molecule has 5 heteroatoms. The molecular formula is C20H21BrN4. The van der Waals surface area contributed by atoms with Crippen molar-refractivity contribution in [2.45, 2.75) is 26.8 Å². The summed E-state index contributed by atoms with van der Waals surface area (Å²) in [5, 5.41) is 6.71. The van der Waals surface area contributed by atoms with Gasteiger partial charge in [0.1, 0.15) is 5.82 Å². The minimum Gasteiger partial charge on any atom is -0.352 e. The van der Waals surface area contributed by atoms with Crippen LogP contribution in [0.4, 0.5) is 17.5 Å². The summed E-state index contributed by atoms with van der Waals surface area (Å²) in [6.07, 6.45) is 0. The van der Waals surface area contributed by atoms with Gasteiger partial charge in [0, 0.05) is 27.8 Å². The second-order valence-corrected chi connectivity index (χ2v) is 7.13. The number of hydrogen-bond donors (Lipinski definition) is 2. The van der Waals surface area contributed by atoms with Gasteiger partial charge in [-0.3, -0.25) is 0 Å². The number of halogens is 1. The van der Waals surface area contributed by atoms with Gasteiger partial charge in [0.15, 0.2) is 0 Å². The van der Waals surface area contributed by atoms with Crippen molar-refractivity contribution in [3.8, 4) is 11.3 Å². The van der Waals surface area contributed by atoms with Crippen LogP contribution in [-0.4, -0.2) is 16.0 Å². The first-order valence-corrected chi connectivity index (χ1v) is 9.05. The Morgan fingerprint density at radius 1 is 0.960 bits per heavy atom. The Labute approximate surface area is 156 Å². The first-order valence-electron chi connectivity index (χ1n) is 8.25. The van der Waals surface area contributed by atoms with E-state index in [2.05, 4.69) is 75.5 Å². The SMILES string of the molecule is Cc1cc(Br)ccc1Nc1cc(-c2ccccc2)nc(NC(C)C)n1. The van der Waals surface area contributed by atoms with Gasteiger partial charge < -0.3 is 10.6 Å². The highest BCUT2D eigenvalue weighted by molar-refractivity contribution is 9.10. The quantitative estimate of drug-likeness (QED) is 0.573. The monoisotopic (exact) mass is 396 g/mol. The maximum atomic E-state index is 4.65. The summed E-state index contributed by atoms with van der Waals surface area (Å²) < 4.78 is 1.06. The molecule has 0 saturated carbocycles. The molecule has 2 N–H and O–H groups in total. The molecule has 0 spiro atoms. The van der Waals surface area contributed by atoms with Crippen molar-refractivity contribution in [1.29, 1.82) is 0 Å². The third kappa shape index (κ3) is 4.57. The van der Waals surface area contributed by atoms with Crippen LogP contribution in [0.3, 0.4) is 0 Å². The molecule has 0 aliphatic rings. The van der Waals surface area contributed by atoms with Crippen LogP contribution in [0.5, 0.6) is 0 Å². The molecule has 0 fully saturated rings. The second kappa shape index (κ2) is 7.66. The van der Waals surface area contributed by atoms with E-state index in [0.29, 0.717) is 5.95 Å². The van der Waals surface area contributed by atoms with E-state index in [-0.39, 0.29) is 6.04 Å². The van der Waals surface area contributed by atoms with Crippen molar-refractivity contribution in [2.75, 3.05) is 10.6 Å². The Morgan fingerprint density at radius 3 is 2.40 bits per heavy atom. The van der Waals surface area contributed by atoms with Gasteiger partial charge >= 0.3 is 0 Å². The van der Waals surface area contributed by atoms with Gasteiger partial charge in [0.2, 0.25) is 5.95 Å². The molecule has 4 nitrogen and oxygen atoms in total. The molecule has 2 aromatic carbocycles. The standard InChI is InChI=1S/C20H21BrN4/c1-13(2)22-20-24-18(15-7-5-4-6-8-15)12-19(25-20)23-17-10-9-16(21)11-14(17)3/h4-13H,1-3H3,(H2,22,23,24,25). The number of benzene rings is 2. The molecule has 1 heterocycles. The maximum Gasteiger partial charge on any atom is 0.225 e. The maximum absolute atomic E-state index is 4.65. The Kier molecular flexibility index (Phi) is 5.34. The number of aryl methyl sites for hydroxylation is 1. The van der Waals surface area contributed by atoms with Crippen LogP contribution in [0.25, 0.3) is 11.3 Å². The van der Waals surface area contributed by atoms with Gasteiger partial charge in [-0.15, -0.1) is 0 Å². The highest BCUT2D eigenvalue weighted by atomic mass is 79.9. The second-order valence-electron chi connectivity index (χ2n) is 6.21. The summed E-state index contributed by atoms with van der Waals surface area (Å²) in [5.74, 6) is 1.39. The van der Waals surface area contributed by atoms with Crippen molar-refractivity contribution in [3.05, 3.63) is 64.6 Å². The lowest BCUT2D eigenvalue weighted by molar-refractivity contribution is 0.876. The Bertz CT molecular complexity index is 863. The average molecular weight is 397 g/mol. The van der Waals surface area contributed by atoms with Crippen LogP contribution in [-0.2, 0) is 0 Å². The molecule has 25 heavy (non-hydrogen) atoms. The van der Waals surface area contributed by atoms with Crippen LogP contribution in [0.2, 0.25) is 0 Å². The summed E-state index contributed by atoms with van der Waals surface area (Å²) in [4.78, 5) is 9.27. The van der Waals surface area contributed by atoms with Gasteiger partial charge in [0.25, 0.3) is 0 Å². The number of aromatic nitrogens is 2. The highest BCUT2D eigenvalue weighted by Crippen LogP contribution is 2.26. The van der Waals surface area contributed by atoms with Gasteiger partial charge in [-0.05, 0) is 44.5 Å². The molecule has 0 bridgehead atoms. The predicted octanol–water partition coefficient (Wildman–Crippen LogP) is 5.78. The lowest BCUT2D eigenvalue weighted by atomic mass is 10.1. The zero-order chi connectivity index (χ0) is 17.8. The fourth-order valence-corrected chi connectivity index (χ4v) is 2.97. The molecule has 128 valence electrons. The molecule has 0 saturated heterocycles. The number of rotatable bonds is 5. The van der Waals surface area contributed by atoms with Crippen LogP contribution in [0.1, 0.15) is 19.4 Å². The smallest absolute Gasteiger partial charge is 0.225 e. The van der Waals surface area contributed by atoms with E-state index >= 15 is 0 Å². The van der Waals surface area contributed by atoms with Crippen LogP contribution in [0, 0.1) is 6.92 Å². The minimum atomic E-state index is 0.258. The van der Waals surface area contributed by atoms with Crippen LogP contribution >= 0.6 is 15.9 Å². The van der Waals surface area contributed by atoms with E-state index in [1.807, 2.05) is 36.4 Å². The van der Waals surface area contributed by atoms with Crippen LogP contribution < -0.4 is 10.6 Å². The average Bonchev–Trinajstić information content (AvgIpc) is 2.57.